The minimum Gasteiger partial charge on any atom is -0.376 e. The molecule has 1 aliphatic heterocycles. The Kier molecular flexibility index (Phi) is 3.79. The Balaban J connectivity index is 0.000000606. The lowest BCUT2D eigenvalue weighted by atomic mass is 9.91. The van der Waals surface area contributed by atoms with E-state index in [2.05, 4.69) is 57.3 Å². The maximum Gasteiger partial charge on any atom is 0.0505 e. The number of aryl methyl sites for hydroxylation is 1. The molecule has 88 valence electrons. The minimum atomic E-state index is 0.0743. The van der Waals surface area contributed by atoms with Crippen molar-refractivity contribution in [3.8, 4) is 0 Å². The molecule has 0 saturated carbocycles. The average Bonchev–Trinajstić information content (AvgIpc) is 2.18. The summed E-state index contributed by atoms with van der Waals surface area (Å²) in [4.78, 5) is 0. The molecule has 16 heavy (non-hydrogen) atoms. The van der Waals surface area contributed by atoms with E-state index in [4.69, 9.17) is 0 Å². The maximum atomic E-state index is 3.53. The van der Waals surface area contributed by atoms with Crippen molar-refractivity contribution in [1.29, 1.82) is 0 Å². The van der Waals surface area contributed by atoms with E-state index in [-0.39, 0.29) is 5.54 Å². The van der Waals surface area contributed by atoms with E-state index in [0.29, 0.717) is 0 Å². The van der Waals surface area contributed by atoms with Crippen molar-refractivity contribution in [2.75, 3.05) is 5.32 Å². The van der Waals surface area contributed by atoms with Crippen molar-refractivity contribution in [2.24, 2.45) is 0 Å². The van der Waals surface area contributed by atoms with Crippen LogP contribution in [0.1, 0.15) is 45.7 Å². The van der Waals surface area contributed by atoms with E-state index >= 15 is 0 Å². The van der Waals surface area contributed by atoms with Gasteiger partial charge in [-0.25, -0.2) is 0 Å². The van der Waals surface area contributed by atoms with Crippen LogP contribution in [0.4, 0.5) is 5.69 Å². The van der Waals surface area contributed by atoms with Crippen molar-refractivity contribution in [3.63, 3.8) is 0 Å². The first kappa shape index (κ1) is 12.8. The quantitative estimate of drug-likeness (QED) is 0.668. The molecule has 2 rings (SSSR count). The Morgan fingerprint density at radius 3 is 2.31 bits per heavy atom. The fourth-order valence-electron chi connectivity index (χ4n) is 2.11. The molecule has 1 aromatic carbocycles. The molecule has 0 aromatic heterocycles. The van der Waals surface area contributed by atoms with E-state index in [9.17, 15) is 0 Å². The van der Waals surface area contributed by atoms with Gasteiger partial charge in [-0.2, -0.15) is 0 Å². The fraction of sp³-hybridized carbons (Fsp3) is 0.467. The summed E-state index contributed by atoms with van der Waals surface area (Å²) in [6, 6.07) is 6.57. The third-order valence-electron chi connectivity index (χ3n) is 2.63. The minimum absolute atomic E-state index is 0.0743. The molecule has 1 nitrogen and oxygen atoms in total. The highest BCUT2D eigenvalue weighted by atomic mass is 15.0. The molecule has 0 saturated heterocycles. The van der Waals surface area contributed by atoms with Crippen molar-refractivity contribution in [1.82, 2.24) is 0 Å². The van der Waals surface area contributed by atoms with Crippen LogP contribution in [-0.2, 0) is 0 Å². The zero-order valence-corrected chi connectivity index (χ0v) is 11.3. The number of fused-ring (bicyclic) bond motifs is 1. The molecule has 0 bridgehead atoms. The second-order valence-electron chi connectivity index (χ2n) is 4.72. The number of benzene rings is 1. The van der Waals surface area contributed by atoms with Crippen LogP contribution in [0.2, 0.25) is 0 Å². The van der Waals surface area contributed by atoms with Gasteiger partial charge in [-0.1, -0.05) is 32.1 Å². The van der Waals surface area contributed by atoms with Gasteiger partial charge < -0.3 is 5.32 Å². The Hall–Kier alpha value is -1.24. The van der Waals surface area contributed by atoms with Crippen LogP contribution in [0, 0.1) is 6.92 Å². The first-order chi connectivity index (χ1) is 7.48. The monoisotopic (exact) mass is 217 g/mol. The molecule has 0 amide bonds. The lowest BCUT2D eigenvalue weighted by Crippen LogP contribution is -2.31. The molecule has 1 N–H and O–H groups in total. The molecule has 0 atom stereocenters. The average molecular weight is 217 g/mol. The number of hydrogen-bond acceptors (Lipinski definition) is 1. The Morgan fingerprint density at radius 2 is 1.69 bits per heavy atom. The number of hydrogen-bond donors (Lipinski definition) is 1. The molecule has 0 aliphatic carbocycles. The number of anilines is 1. The predicted molar refractivity (Wildman–Crippen MR) is 73.9 cm³/mol. The molecule has 1 heteroatoms. The van der Waals surface area contributed by atoms with Gasteiger partial charge in [0.2, 0.25) is 0 Å². The molecule has 0 unspecified atom stereocenters. The van der Waals surface area contributed by atoms with Gasteiger partial charge in [-0.3, -0.25) is 0 Å². The molecular formula is C15H23N. The van der Waals surface area contributed by atoms with Crippen LogP contribution in [-0.4, -0.2) is 5.54 Å². The zero-order valence-electron chi connectivity index (χ0n) is 11.3. The highest BCUT2D eigenvalue weighted by Gasteiger charge is 2.21. The van der Waals surface area contributed by atoms with Crippen molar-refractivity contribution in [3.05, 3.63) is 35.4 Å². The fourth-order valence-corrected chi connectivity index (χ4v) is 2.11. The normalized spacial score (nSPS) is 16.2. The maximum absolute atomic E-state index is 3.53. The lowest BCUT2D eigenvalue weighted by Gasteiger charge is -2.31. The second kappa shape index (κ2) is 4.73. The third-order valence-corrected chi connectivity index (χ3v) is 2.63. The summed E-state index contributed by atoms with van der Waals surface area (Å²) in [5, 5.41) is 3.53. The van der Waals surface area contributed by atoms with Crippen LogP contribution in [0.5, 0.6) is 0 Å². The van der Waals surface area contributed by atoms with Crippen LogP contribution < -0.4 is 5.32 Å². The number of nitrogens with one attached hydrogen (secondary N) is 1. The topological polar surface area (TPSA) is 12.0 Å². The second-order valence-corrected chi connectivity index (χ2v) is 4.72. The standard InChI is InChI=1S/C13H17N.C2H6/c1-9-5-6-11-10(2)8-13(3,4)14-12(11)7-9;1-2/h5-8,14H,1-4H3;1-2H3. The number of rotatable bonds is 0. The van der Waals surface area contributed by atoms with Crippen LogP contribution >= 0.6 is 0 Å². The van der Waals surface area contributed by atoms with Crippen molar-refractivity contribution >= 4 is 11.3 Å². The smallest absolute Gasteiger partial charge is 0.0505 e. The van der Waals surface area contributed by atoms with Gasteiger partial charge >= 0.3 is 0 Å². The van der Waals surface area contributed by atoms with Crippen molar-refractivity contribution < 1.29 is 0 Å². The predicted octanol–water partition coefficient (Wildman–Crippen LogP) is 4.63. The molecule has 1 heterocycles. The highest BCUT2D eigenvalue weighted by molar-refractivity contribution is 5.80. The molecule has 0 fully saturated rings. The summed E-state index contributed by atoms with van der Waals surface area (Å²) in [5.74, 6) is 0. The lowest BCUT2D eigenvalue weighted by molar-refractivity contribution is 0.707. The van der Waals surface area contributed by atoms with Gasteiger partial charge in [0.1, 0.15) is 0 Å². The van der Waals surface area contributed by atoms with Gasteiger partial charge in [-0.15, -0.1) is 0 Å². The summed E-state index contributed by atoms with van der Waals surface area (Å²) in [5.41, 5.74) is 5.33. The van der Waals surface area contributed by atoms with Gasteiger partial charge in [-0.05, 0) is 44.9 Å². The molecule has 1 aliphatic rings. The summed E-state index contributed by atoms with van der Waals surface area (Å²) in [7, 11) is 0. The SMILES string of the molecule is CC.CC1=CC(C)(C)Nc2cc(C)ccc21. The highest BCUT2D eigenvalue weighted by Crippen LogP contribution is 2.33. The zero-order chi connectivity index (χ0) is 12.3. The van der Waals surface area contributed by atoms with Gasteiger partial charge in [0.05, 0.1) is 5.54 Å². The molecule has 1 aromatic rings. The number of allylic oxidation sites excluding steroid dienone is 1. The summed E-state index contributed by atoms with van der Waals surface area (Å²) < 4.78 is 0. The van der Waals surface area contributed by atoms with E-state index in [1.54, 1.807) is 0 Å². The Labute approximate surface area is 99.6 Å². The summed E-state index contributed by atoms with van der Waals surface area (Å²) in [6.45, 7) is 12.7. The third kappa shape index (κ3) is 2.66. The molecule has 0 spiro atoms. The molecule has 0 radical (unpaired) electrons. The van der Waals surface area contributed by atoms with Gasteiger partial charge in [0, 0.05) is 11.3 Å². The van der Waals surface area contributed by atoms with E-state index in [0.717, 1.165) is 0 Å². The van der Waals surface area contributed by atoms with E-state index in [1.807, 2.05) is 13.8 Å². The van der Waals surface area contributed by atoms with Gasteiger partial charge in [0.15, 0.2) is 0 Å². The van der Waals surface area contributed by atoms with Gasteiger partial charge in [0.25, 0.3) is 0 Å². The Bertz CT molecular complexity index is 400. The molecular weight excluding hydrogens is 194 g/mol. The van der Waals surface area contributed by atoms with Crippen LogP contribution in [0.15, 0.2) is 24.3 Å². The Morgan fingerprint density at radius 1 is 1.06 bits per heavy atom. The van der Waals surface area contributed by atoms with Crippen molar-refractivity contribution in [2.45, 2.75) is 47.1 Å². The summed E-state index contributed by atoms with van der Waals surface area (Å²) in [6.07, 6.45) is 2.28. The van der Waals surface area contributed by atoms with E-state index < -0.39 is 0 Å². The first-order valence-corrected chi connectivity index (χ1v) is 6.07. The summed E-state index contributed by atoms with van der Waals surface area (Å²) >= 11 is 0. The van der Waals surface area contributed by atoms with Crippen LogP contribution in [0.25, 0.3) is 5.57 Å². The largest absolute Gasteiger partial charge is 0.376 e. The van der Waals surface area contributed by atoms with Crippen LogP contribution in [0.3, 0.4) is 0 Å². The first-order valence-electron chi connectivity index (χ1n) is 6.07. The van der Waals surface area contributed by atoms with E-state index in [1.165, 1.54) is 22.4 Å².